The lowest BCUT2D eigenvalue weighted by Crippen LogP contribution is -2.40. The highest BCUT2D eigenvalue weighted by Gasteiger charge is 2.25. The third kappa shape index (κ3) is 6.94. The fourth-order valence-electron chi connectivity index (χ4n) is 1.23. The molecule has 0 atom stereocenters. The van der Waals surface area contributed by atoms with Gasteiger partial charge in [-0.2, -0.15) is 0 Å². The summed E-state index contributed by atoms with van der Waals surface area (Å²) in [5, 5.41) is 0. The molecule has 5 nitrogen and oxygen atoms in total. The quantitative estimate of drug-likeness (QED) is 0.697. The van der Waals surface area contributed by atoms with Crippen molar-refractivity contribution in [1.29, 1.82) is 0 Å². The minimum atomic E-state index is -0.586. The lowest BCUT2D eigenvalue weighted by Gasteiger charge is -2.25. The topological polar surface area (TPSA) is 55.8 Å². The Morgan fingerprint density at radius 2 is 1.82 bits per heavy atom. The second-order valence-corrected chi connectivity index (χ2v) is 4.71. The van der Waals surface area contributed by atoms with E-state index in [-0.39, 0.29) is 5.91 Å². The molecule has 0 radical (unpaired) electrons. The van der Waals surface area contributed by atoms with Crippen LogP contribution in [0.25, 0.3) is 0 Å². The Morgan fingerprint density at radius 3 is 2.24 bits per heavy atom. The zero-order valence-electron chi connectivity index (χ0n) is 11.4. The Labute approximate surface area is 103 Å². The average Bonchev–Trinajstić information content (AvgIpc) is 2.16. The van der Waals surface area contributed by atoms with Gasteiger partial charge >= 0.3 is 6.09 Å². The summed E-state index contributed by atoms with van der Waals surface area (Å²) < 4.78 is 10.0. The van der Waals surface area contributed by atoms with Gasteiger partial charge in [0.25, 0.3) is 0 Å². The Bertz CT molecular complexity index is 258. The molecule has 0 aromatic heterocycles. The Morgan fingerprint density at radius 1 is 1.24 bits per heavy atom. The first-order chi connectivity index (χ1) is 7.81. The van der Waals surface area contributed by atoms with E-state index in [1.807, 2.05) is 0 Å². The van der Waals surface area contributed by atoms with E-state index < -0.39 is 11.7 Å². The number of hydrogen-bond acceptors (Lipinski definition) is 4. The van der Waals surface area contributed by atoms with Gasteiger partial charge in [-0.15, -0.1) is 0 Å². The SMILES string of the molecule is CCN(C(=O)CCCOC)C(=O)OC(C)(C)C. The molecule has 2 amide bonds. The average molecular weight is 245 g/mol. The summed E-state index contributed by atoms with van der Waals surface area (Å²) in [6.45, 7) is 7.90. The van der Waals surface area contributed by atoms with Crippen molar-refractivity contribution in [3.63, 3.8) is 0 Å². The second kappa shape index (κ2) is 7.27. The van der Waals surface area contributed by atoms with Crippen molar-refractivity contribution in [1.82, 2.24) is 4.90 Å². The van der Waals surface area contributed by atoms with E-state index >= 15 is 0 Å². The molecule has 0 aliphatic carbocycles. The second-order valence-electron chi connectivity index (χ2n) is 4.71. The van der Waals surface area contributed by atoms with Crippen LogP contribution in [-0.4, -0.2) is 42.8 Å². The molecule has 0 rings (SSSR count). The third-order valence-electron chi connectivity index (χ3n) is 1.97. The smallest absolute Gasteiger partial charge is 0.417 e. The molecule has 0 heterocycles. The van der Waals surface area contributed by atoms with Crippen molar-refractivity contribution in [2.45, 2.75) is 46.1 Å². The van der Waals surface area contributed by atoms with Crippen LogP contribution in [-0.2, 0) is 14.3 Å². The number of carbonyl (C=O) groups is 2. The summed E-state index contributed by atoms with van der Waals surface area (Å²) in [7, 11) is 1.58. The van der Waals surface area contributed by atoms with Crippen LogP contribution in [0.2, 0.25) is 0 Å². The molecule has 0 unspecified atom stereocenters. The number of rotatable bonds is 5. The largest absolute Gasteiger partial charge is 0.443 e. The van der Waals surface area contributed by atoms with Crippen molar-refractivity contribution in [2.75, 3.05) is 20.3 Å². The molecule has 0 aliphatic rings. The van der Waals surface area contributed by atoms with E-state index in [4.69, 9.17) is 9.47 Å². The van der Waals surface area contributed by atoms with Crippen molar-refractivity contribution in [2.24, 2.45) is 0 Å². The molecule has 0 bridgehead atoms. The van der Waals surface area contributed by atoms with E-state index in [2.05, 4.69) is 0 Å². The minimum absolute atomic E-state index is 0.223. The van der Waals surface area contributed by atoms with Crippen LogP contribution in [0.1, 0.15) is 40.5 Å². The van der Waals surface area contributed by atoms with Gasteiger partial charge in [-0.05, 0) is 34.1 Å². The highest BCUT2D eigenvalue weighted by Crippen LogP contribution is 2.11. The van der Waals surface area contributed by atoms with E-state index in [0.29, 0.717) is 26.0 Å². The lowest BCUT2D eigenvalue weighted by molar-refractivity contribution is -0.130. The standard InChI is InChI=1S/C12H23NO4/c1-6-13(10(14)8-7-9-16-5)11(15)17-12(2,3)4/h6-9H2,1-5H3. The Balaban J connectivity index is 4.30. The normalized spacial score (nSPS) is 11.1. The highest BCUT2D eigenvalue weighted by molar-refractivity contribution is 5.91. The molecule has 100 valence electrons. The van der Waals surface area contributed by atoms with Crippen LogP contribution in [0.3, 0.4) is 0 Å². The van der Waals surface area contributed by atoms with Gasteiger partial charge in [0.1, 0.15) is 5.60 Å². The summed E-state index contributed by atoms with van der Waals surface area (Å²) in [5.41, 5.74) is -0.586. The first kappa shape index (κ1) is 15.9. The molecule has 5 heteroatoms. The van der Waals surface area contributed by atoms with Crippen LogP contribution >= 0.6 is 0 Å². The maximum absolute atomic E-state index is 11.7. The van der Waals surface area contributed by atoms with Crippen LogP contribution in [0.4, 0.5) is 4.79 Å². The number of carbonyl (C=O) groups excluding carboxylic acids is 2. The molecule has 0 N–H and O–H groups in total. The summed E-state index contributed by atoms with van der Waals surface area (Å²) in [4.78, 5) is 24.6. The van der Waals surface area contributed by atoms with Gasteiger partial charge in [-0.3, -0.25) is 4.79 Å². The van der Waals surface area contributed by atoms with Crippen LogP contribution in [0.5, 0.6) is 0 Å². The van der Waals surface area contributed by atoms with Crippen molar-refractivity contribution < 1.29 is 19.1 Å². The molecule has 0 spiro atoms. The summed E-state index contributed by atoms with van der Waals surface area (Å²) >= 11 is 0. The van der Waals surface area contributed by atoms with Crippen LogP contribution < -0.4 is 0 Å². The van der Waals surface area contributed by atoms with Gasteiger partial charge in [0.15, 0.2) is 0 Å². The number of ether oxygens (including phenoxy) is 2. The predicted octanol–water partition coefficient (Wildman–Crippen LogP) is 2.20. The first-order valence-corrected chi connectivity index (χ1v) is 5.84. The van der Waals surface area contributed by atoms with Gasteiger partial charge in [0.05, 0.1) is 0 Å². The summed E-state index contributed by atoms with van der Waals surface area (Å²) in [6.07, 6.45) is 0.317. The fourth-order valence-corrected chi connectivity index (χ4v) is 1.23. The number of imide groups is 1. The van der Waals surface area contributed by atoms with Crippen LogP contribution in [0.15, 0.2) is 0 Å². The summed E-state index contributed by atoms with van der Waals surface area (Å²) in [6, 6.07) is 0. The number of nitrogens with zero attached hydrogens (tertiary/aromatic N) is 1. The predicted molar refractivity (Wildman–Crippen MR) is 64.7 cm³/mol. The molecule has 0 aliphatic heterocycles. The molecule has 0 saturated heterocycles. The minimum Gasteiger partial charge on any atom is -0.443 e. The fraction of sp³-hybridized carbons (Fsp3) is 0.833. The van der Waals surface area contributed by atoms with E-state index in [9.17, 15) is 9.59 Å². The number of amides is 2. The van der Waals surface area contributed by atoms with Gasteiger partial charge in [0.2, 0.25) is 5.91 Å². The molecule has 0 aromatic rings. The third-order valence-corrected chi connectivity index (χ3v) is 1.97. The summed E-state index contributed by atoms with van der Waals surface area (Å²) in [5.74, 6) is -0.223. The molecule has 17 heavy (non-hydrogen) atoms. The van der Waals surface area contributed by atoms with Gasteiger partial charge in [-0.25, -0.2) is 9.69 Å². The zero-order valence-corrected chi connectivity index (χ0v) is 11.4. The van der Waals surface area contributed by atoms with Gasteiger partial charge in [-0.1, -0.05) is 0 Å². The zero-order chi connectivity index (χ0) is 13.5. The van der Waals surface area contributed by atoms with Crippen molar-refractivity contribution in [3.05, 3.63) is 0 Å². The Kier molecular flexibility index (Phi) is 6.80. The maximum Gasteiger partial charge on any atom is 0.417 e. The first-order valence-electron chi connectivity index (χ1n) is 5.84. The van der Waals surface area contributed by atoms with Crippen molar-refractivity contribution in [3.8, 4) is 0 Å². The number of methoxy groups -OCH3 is 1. The van der Waals surface area contributed by atoms with E-state index in [1.54, 1.807) is 34.8 Å². The monoisotopic (exact) mass is 245 g/mol. The molecular formula is C12H23NO4. The Hall–Kier alpha value is -1.10. The van der Waals surface area contributed by atoms with Crippen molar-refractivity contribution >= 4 is 12.0 Å². The molecular weight excluding hydrogens is 222 g/mol. The molecule has 0 fully saturated rings. The van der Waals surface area contributed by atoms with Gasteiger partial charge < -0.3 is 9.47 Å². The van der Waals surface area contributed by atoms with Gasteiger partial charge in [0, 0.05) is 26.7 Å². The maximum atomic E-state index is 11.7. The van der Waals surface area contributed by atoms with Crippen LogP contribution in [0, 0.1) is 0 Å². The molecule has 0 aromatic carbocycles. The lowest BCUT2D eigenvalue weighted by atomic mass is 10.2. The van der Waals surface area contributed by atoms with E-state index in [0.717, 1.165) is 4.90 Å². The van der Waals surface area contributed by atoms with E-state index in [1.165, 1.54) is 0 Å². The number of hydrogen-bond donors (Lipinski definition) is 0. The molecule has 0 saturated carbocycles. The highest BCUT2D eigenvalue weighted by atomic mass is 16.6.